The minimum atomic E-state index is -1.65. The molecule has 2 fully saturated rings. The van der Waals surface area contributed by atoms with Gasteiger partial charge in [-0.15, -0.1) is 5.01 Å². The third-order valence-electron chi connectivity index (χ3n) is 5.56. The van der Waals surface area contributed by atoms with E-state index in [1.165, 1.54) is 21.1 Å². The quantitative estimate of drug-likeness (QED) is 0.120. The molecule has 2 rings (SSSR count). The van der Waals surface area contributed by atoms with Gasteiger partial charge in [-0.2, -0.15) is 0 Å². The van der Waals surface area contributed by atoms with Crippen LogP contribution in [0.25, 0.3) is 0 Å². The molecule has 0 amide bonds. The van der Waals surface area contributed by atoms with Crippen molar-refractivity contribution < 1.29 is 54.2 Å². The lowest BCUT2D eigenvalue weighted by atomic mass is 9.94. The fourth-order valence-corrected chi connectivity index (χ4v) is 3.75. The highest BCUT2D eigenvalue weighted by molar-refractivity contribution is 4.95. The van der Waals surface area contributed by atoms with Gasteiger partial charge in [0.2, 0.25) is 0 Å². The molecule has 2 unspecified atom stereocenters. The molecule has 15 heteroatoms. The number of rotatable bonds is 10. The maximum Gasteiger partial charge on any atom is 0.187 e. The van der Waals surface area contributed by atoms with Gasteiger partial charge in [0.05, 0.1) is 19.3 Å². The van der Waals surface area contributed by atoms with Crippen molar-refractivity contribution in [2.75, 3.05) is 40.5 Å². The fourth-order valence-electron chi connectivity index (χ4n) is 3.75. The monoisotopic (exact) mass is 470 g/mol. The lowest BCUT2D eigenvalue weighted by Gasteiger charge is -2.46. The van der Waals surface area contributed by atoms with Crippen LogP contribution in [0.1, 0.15) is 6.92 Å². The Hall–Kier alpha value is -1.40. The molecule has 15 nitrogen and oxygen atoms in total. The van der Waals surface area contributed by atoms with Crippen LogP contribution in [-0.4, -0.2) is 137 Å². The summed E-state index contributed by atoms with van der Waals surface area (Å²) in [5, 5.41) is 76.8. The third kappa shape index (κ3) is 5.93. The van der Waals surface area contributed by atoms with Crippen LogP contribution in [0.5, 0.6) is 0 Å². The average molecular weight is 470 g/mol. The number of nitrogens with zero attached hydrogens (tertiary/aromatic N) is 3. The number of ether oxygens (including phenoxy) is 5. The molecule has 2 aliphatic rings. The van der Waals surface area contributed by atoms with Gasteiger partial charge in [-0.25, -0.2) is 0 Å². The van der Waals surface area contributed by atoms with E-state index in [4.69, 9.17) is 23.7 Å². The number of hydrazine groups is 1. The second-order valence-electron chi connectivity index (χ2n) is 7.61. The van der Waals surface area contributed by atoms with Crippen molar-refractivity contribution in [3.8, 4) is 0 Å². The Bertz CT molecular complexity index is 599. The summed E-state index contributed by atoms with van der Waals surface area (Å²) in [5.41, 5.74) is 0. The van der Waals surface area contributed by atoms with Gasteiger partial charge in [0.25, 0.3) is 0 Å². The molecule has 0 spiro atoms. The summed E-state index contributed by atoms with van der Waals surface area (Å²) in [6.45, 7) is 0.677. The van der Waals surface area contributed by atoms with Crippen LogP contribution in [0.2, 0.25) is 0 Å². The van der Waals surface area contributed by atoms with Crippen molar-refractivity contribution in [1.29, 1.82) is 0 Å². The van der Waals surface area contributed by atoms with Crippen LogP contribution in [0, 0.1) is 10.4 Å². The molecule has 32 heavy (non-hydrogen) atoms. The minimum absolute atomic E-state index is 0.0436. The van der Waals surface area contributed by atoms with Crippen LogP contribution < -0.4 is 0 Å². The number of methoxy groups -OCH3 is 2. The Kier molecular flexibility index (Phi) is 10.2. The predicted octanol–water partition coefficient (Wildman–Crippen LogP) is -3.34. The molecule has 2 heterocycles. The molecule has 0 bridgehead atoms. The standard InChI is InChI=1S/C17H33N3O12/c1-8-11(22)12(23)16(10(7-21)30-8)32-17-14(25)13(24)15(29-3)9(31-17)6-19(4-5-28-2)20(27)18-26/h8-17,21-26H,4-7H2,1-3H3/p-1/b20-18-/t8-,9-,10-,11+,12-,13-,14-,15?,16?,17-/m1/s1. The summed E-state index contributed by atoms with van der Waals surface area (Å²) >= 11 is 0. The Morgan fingerprint density at radius 3 is 2.22 bits per heavy atom. The van der Waals surface area contributed by atoms with Crippen molar-refractivity contribution in [1.82, 2.24) is 5.01 Å². The van der Waals surface area contributed by atoms with Crippen LogP contribution in [0.4, 0.5) is 0 Å². The second-order valence-corrected chi connectivity index (χ2v) is 7.61. The third-order valence-corrected chi connectivity index (χ3v) is 5.56. The van der Waals surface area contributed by atoms with Gasteiger partial charge in [0.15, 0.2) is 6.29 Å². The smallest absolute Gasteiger partial charge is 0.187 e. The second kappa shape index (κ2) is 12.2. The van der Waals surface area contributed by atoms with Gasteiger partial charge in [-0.3, -0.25) is 0 Å². The first kappa shape index (κ1) is 26.8. The van der Waals surface area contributed by atoms with Crippen molar-refractivity contribution in [2.24, 2.45) is 5.28 Å². The summed E-state index contributed by atoms with van der Waals surface area (Å²) in [6, 6.07) is 0. The van der Waals surface area contributed by atoms with Crippen molar-refractivity contribution >= 4 is 0 Å². The van der Waals surface area contributed by atoms with E-state index in [1.54, 1.807) is 0 Å². The highest BCUT2D eigenvalue weighted by Gasteiger charge is 2.50. The molecule has 10 atom stereocenters. The first-order chi connectivity index (χ1) is 15.2. The van der Waals surface area contributed by atoms with E-state index in [-0.39, 0.29) is 24.7 Å². The number of aliphatic hydroxyl groups excluding tert-OH is 5. The van der Waals surface area contributed by atoms with Crippen molar-refractivity contribution in [3.63, 3.8) is 0 Å². The maximum atomic E-state index is 11.8. The molecule has 2 saturated heterocycles. The summed E-state index contributed by atoms with van der Waals surface area (Å²) in [4.78, 5) is -0.208. The molecule has 0 radical (unpaired) electrons. The molecule has 188 valence electrons. The highest BCUT2D eigenvalue weighted by atomic mass is 16.7. The number of hydrogen-bond acceptors (Lipinski definition) is 13. The lowest BCUT2D eigenvalue weighted by Crippen LogP contribution is -2.65. The Balaban J connectivity index is 2.21. The molecule has 5 N–H and O–H groups in total. The largest absolute Gasteiger partial charge is 0.737 e. The van der Waals surface area contributed by atoms with Crippen molar-refractivity contribution in [2.45, 2.75) is 68.1 Å². The van der Waals surface area contributed by atoms with Crippen LogP contribution >= 0.6 is 0 Å². The van der Waals surface area contributed by atoms with Gasteiger partial charge in [0, 0.05) is 19.2 Å². The van der Waals surface area contributed by atoms with E-state index in [2.05, 4.69) is 5.28 Å². The van der Waals surface area contributed by atoms with Gasteiger partial charge < -0.3 is 59.6 Å². The first-order valence-electron chi connectivity index (χ1n) is 10.1. The Labute approximate surface area is 184 Å². The van der Waals surface area contributed by atoms with E-state index in [9.17, 15) is 35.9 Å². The fraction of sp³-hybridized carbons (Fsp3) is 1.00. The number of hydrogen-bond donors (Lipinski definition) is 5. The maximum absolute atomic E-state index is 11.8. The lowest BCUT2D eigenvalue weighted by molar-refractivity contribution is -0.693. The normalized spacial score (nSPS) is 40.9. The molecule has 0 aliphatic carbocycles. The van der Waals surface area contributed by atoms with Crippen molar-refractivity contribution in [3.05, 3.63) is 10.4 Å². The van der Waals surface area contributed by atoms with E-state index in [1.807, 2.05) is 0 Å². The molecular formula is C17H32N3O12-. The van der Waals surface area contributed by atoms with Gasteiger partial charge >= 0.3 is 0 Å². The summed E-state index contributed by atoms with van der Waals surface area (Å²) in [6.07, 6.45) is -13.0. The molecule has 0 aromatic heterocycles. The summed E-state index contributed by atoms with van der Waals surface area (Å²) in [7, 11) is 2.65. The summed E-state index contributed by atoms with van der Waals surface area (Å²) in [5.74, 6) is 0. The number of aliphatic hydroxyl groups is 5. The SMILES string of the molecule is COCCN(C[C@H]1O[C@H](OC2[C@@H](CO)O[C@H](C)[C@H](O)[C@H]2O)[C@H](O)[C@@H](O)C1OC)/[N+]([O-])=N/[O-]. The van der Waals surface area contributed by atoms with Crippen LogP contribution in [-0.2, 0) is 23.7 Å². The van der Waals surface area contributed by atoms with Crippen LogP contribution in [0.15, 0.2) is 5.28 Å². The van der Waals surface area contributed by atoms with Gasteiger partial charge in [-0.05, 0) is 12.2 Å². The van der Waals surface area contributed by atoms with E-state index < -0.39 is 67.8 Å². The van der Waals surface area contributed by atoms with Gasteiger partial charge in [-0.1, -0.05) is 0 Å². The molecular weight excluding hydrogens is 438 g/mol. The Morgan fingerprint density at radius 2 is 1.66 bits per heavy atom. The first-order valence-corrected chi connectivity index (χ1v) is 10.1. The average Bonchev–Trinajstić information content (AvgIpc) is 2.79. The van der Waals surface area contributed by atoms with Gasteiger partial charge in [0.1, 0.15) is 61.9 Å². The zero-order valence-electron chi connectivity index (χ0n) is 18.0. The molecule has 0 aromatic carbocycles. The predicted molar refractivity (Wildman–Crippen MR) is 103 cm³/mol. The van der Waals surface area contributed by atoms with E-state index in [0.29, 0.717) is 0 Å². The van der Waals surface area contributed by atoms with Crippen LogP contribution in [0.3, 0.4) is 0 Å². The zero-order valence-corrected chi connectivity index (χ0v) is 18.0. The molecule has 0 saturated carbocycles. The molecule has 2 aliphatic heterocycles. The Morgan fingerprint density at radius 1 is 1.00 bits per heavy atom. The zero-order chi connectivity index (χ0) is 24.0. The highest BCUT2D eigenvalue weighted by Crippen LogP contribution is 2.30. The summed E-state index contributed by atoms with van der Waals surface area (Å²) < 4.78 is 26.9. The molecule has 0 aromatic rings. The minimum Gasteiger partial charge on any atom is -0.737 e. The van der Waals surface area contributed by atoms with E-state index >= 15 is 0 Å². The topological polar surface area (TPSA) is 212 Å². The van der Waals surface area contributed by atoms with E-state index in [0.717, 1.165) is 5.01 Å².